The molecule has 0 amide bonds. The maximum atomic E-state index is 10.0. The average Bonchev–Trinajstić information content (AvgIpc) is 2.28. The summed E-state index contributed by atoms with van der Waals surface area (Å²) in [5.74, 6) is -2.10. The number of rotatable bonds is 9. The fraction of sp³-hybridized carbons (Fsp3) is 0.714. The zero-order valence-corrected chi connectivity index (χ0v) is 15.2. The van der Waals surface area contributed by atoms with Gasteiger partial charge in [0.2, 0.25) is 0 Å². The molecule has 0 aliphatic heterocycles. The van der Waals surface area contributed by atoms with Gasteiger partial charge in [-0.15, -0.1) is 0 Å². The number of carbonyl (C=O) groups is 2. The molecule has 0 spiro atoms. The molecule has 0 aliphatic rings. The van der Waals surface area contributed by atoms with Crippen LogP contribution in [0.3, 0.4) is 0 Å². The molecule has 0 aromatic heterocycles. The topological polar surface area (TPSA) is 80.3 Å². The second-order valence-electron chi connectivity index (χ2n) is 4.31. The summed E-state index contributed by atoms with van der Waals surface area (Å²) < 4.78 is 0. The SMILES string of the molecule is C=C(C)C(=O)[O-].CCCCCCCCCC(=O)[O-].[Zn+2]. The van der Waals surface area contributed by atoms with Gasteiger partial charge in [-0.1, -0.05) is 52.0 Å². The van der Waals surface area contributed by atoms with Crippen molar-refractivity contribution in [1.29, 1.82) is 0 Å². The van der Waals surface area contributed by atoms with Crippen LogP contribution in [0.5, 0.6) is 0 Å². The van der Waals surface area contributed by atoms with Gasteiger partial charge in [-0.05, 0) is 25.3 Å². The van der Waals surface area contributed by atoms with Gasteiger partial charge in [0.25, 0.3) is 0 Å². The van der Waals surface area contributed by atoms with Crippen LogP contribution in [0.4, 0.5) is 0 Å². The number of carboxylic acid groups (broad SMARTS) is 2. The third-order valence-corrected chi connectivity index (χ3v) is 2.33. The second-order valence-corrected chi connectivity index (χ2v) is 4.31. The first-order valence-corrected chi connectivity index (χ1v) is 6.48. The molecule has 0 heterocycles. The Hall–Kier alpha value is -0.697. The first-order chi connectivity index (χ1) is 8.41. The number of aliphatic carboxylic acids is 2. The van der Waals surface area contributed by atoms with E-state index in [0.717, 1.165) is 12.8 Å². The molecule has 0 aliphatic carbocycles. The van der Waals surface area contributed by atoms with Crippen molar-refractivity contribution in [3.05, 3.63) is 12.2 Å². The van der Waals surface area contributed by atoms with Crippen molar-refractivity contribution in [2.24, 2.45) is 0 Å². The monoisotopic (exact) mass is 320 g/mol. The van der Waals surface area contributed by atoms with Crippen LogP contribution in [-0.4, -0.2) is 11.9 Å². The van der Waals surface area contributed by atoms with Crippen LogP contribution in [0.1, 0.15) is 65.2 Å². The van der Waals surface area contributed by atoms with Crippen LogP contribution in [0.15, 0.2) is 12.2 Å². The number of hydrogen-bond acceptors (Lipinski definition) is 4. The van der Waals surface area contributed by atoms with Crippen LogP contribution in [0, 0.1) is 0 Å². The predicted octanol–water partition coefficient (Wildman–Crippen LogP) is 1.19. The maximum Gasteiger partial charge on any atom is 2.00 e. The Kier molecular flexibility index (Phi) is 21.3. The first-order valence-electron chi connectivity index (χ1n) is 6.48. The van der Waals surface area contributed by atoms with E-state index in [4.69, 9.17) is 0 Å². The largest absolute Gasteiger partial charge is 2.00 e. The number of carboxylic acids is 2. The summed E-state index contributed by atoms with van der Waals surface area (Å²) in [7, 11) is 0. The number of carbonyl (C=O) groups excluding carboxylic acids is 2. The standard InChI is InChI=1S/C10H20O2.C4H6O2.Zn/c1-2-3-4-5-6-7-8-9-10(11)12;1-3(2)4(5)6;/h2-9H2,1H3,(H,11,12);1H2,2H3,(H,5,6);/q;;+2/p-2. The van der Waals surface area contributed by atoms with Gasteiger partial charge < -0.3 is 19.8 Å². The molecule has 0 saturated carbocycles. The minimum absolute atomic E-state index is 0. The van der Waals surface area contributed by atoms with E-state index in [1.54, 1.807) is 0 Å². The second kappa shape index (κ2) is 17.3. The molecular weight excluding hydrogens is 298 g/mol. The van der Waals surface area contributed by atoms with Gasteiger partial charge in [0, 0.05) is 5.97 Å². The van der Waals surface area contributed by atoms with E-state index >= 15 is 0 Å². The quantitative estimate of drug-likeness (QED) is 0.363. The molecule has 0 rings (SSSR count). The van der Waals surface area contributed by atoms with Crippen molar-refractivity contribution in [3.63, 3.8) is 0 Å². The maximum absolute atomic E-state index is 10.0. The normalized spacial score (nSPS) is 8.74. The smallest absolute Gasteiger partial charge is 0.550 e. The average molecular weight is 322 g/mol. The molecule has 0 saturated heterocycles. The van der Waals surface area contributed by atoms with Crippen LogP contribution in [-0.2, 0) is 29.1 Å². The van der Waals surface area contributed by atoms with Gasteiger partial charge in [-0.25, -0.2) is 0 Å². The van der Waals surface area contributed by atoms with Crippen molar-refractivity contribution >= 4 is 11.9 Å². The van der Waals surface area contributed by atoms with E-state index in [-0.39, 0.29) is 31.5 Å². The summed E-state index contributed by atoms with van der Waals surface area (Å²) in [4.78, 5) is 19.5. The van der Waals surface area contributed by atoms with Crippen LogP contribution < -0.4 is 10.2 Å². The molecule has 0 aromatic carbocycles. The molecule has 0 aromatic rings. The molecule has 4 nitrogen and oxygen atoms in total. The van der Waals surface area contributed by atoms with Gasteiger partial charge in [-0.3, -0.25) is 0 Å². The third-order valence-electron chi connectivity index (χ3n) is 2.33. The summed E-state index contributed by atoms with van der Waals surface area (Å²) in [5, 5.41) is 19.5. The molecule has 0 radical (unpaired) electrons. The predicted molar refractivity (Wildman–Crippen MR) is 67.4 cm³/mol. The molecule has 0 N–H and O–H groups in total. The minimum atomic E-state index is -1.19. The Bertz CT molecular complexity index is 240. The molecule has 19 heavy (non-hydrogen) atoms. The minimum Gasteiger partial charge on any atom is -0.550 e. The van der Waals surface area contributed by atoms with E-state index in [1.165, 1.54) is 39.0 Å². The van der Waals surface area contributed by atoms with E-state index in [2.05, 4.69) is 13.5 Å². The number of unbranched alkanes of at least 4 members (excludes halogenated alkanes) is 6. The molecule has 5 heteroatoms. The van der Waals surface area contributed by atoms with Crippen molar-refractivity contribution in [2.75, 3.05) is 0 Å². The summed E-state index contributed by atoms with van der Waals surface area (Å²) in [6.07, 6.45) is 8.34. The Morgan fingerprint density at radius 3 is 1.63 bits per heavy atom. The molecular formula is C14H24O4Zn. The Morgan fingerprint density at radius 1 is 0.947 bits per heavy atom. The first kappa shape index (κ1) is 23.4. The zero-order valence-electron chi connectivity index (χ0n) is 12.2. The van der Waals surface area contributed by atoms with Crippen molar-refractivity contribution in [1.82, 2.24) is 0 Å². The molecule has 106 valence electrons. The van der Waals surface area contributed by atoms with Crippen molar-refractivity contribution in [2.45, 2.75) is 65.2 Å². The third kappa shape index (κ3) is 26.8. The van der Waals surface area contributed by atoms with Gasteiger partial charge in [-0.2, -0.15) is 0 Å². The van der Waals surface area contributed by atoms with Crippen LogP contribution >= 0.6 is 0 Å². The molecule has 0 atom stereocenters. The Labute approximate surface area is 129 Å². The fourth-order valence-corrected chi connectivity index (χ4v) is 1.23. The summed E-state index contributed by atoms with van der Waals surface area (Å²) in [6.45, 7) is 6.67. The fourth-order valence-electron chi connectivity index (χ4n) is 1.23. The van der Waals surface area contributed by atoms with E-state index in [0.29, 0.717) is 0 Å². The van der Waals surface area contributed by atoms with Crippen molar-refractivity contribution in [3.8, 4) is 0 Å². The van der Waals surface area contributed by atoms with E-state index in [1.807, 2.05) is 0 Å². The van der Waals surface area contributed by atoms with Crippen LogP contribution in [0.25, 0.3) is 0 Å². The molecule has 0 unspecified atom stereocenters. The molecule has 0 bridgehead atoms. The van der Waals surface area contributed by atoms with Gasteiger partial charge in [0.05, 0.1) is 5.97 Å². The Morgan fingerprint density at radius 2 is 1.32 bits per heavy atom. The Balaban J connectivity index is -0.000000313. The van der Waals surface area contributed by atoms with E-state index in [9.17, 15) is 19.8 Å². The van der Waals surface area contributed by atoms with Gasteiger partial charge >= 0.3 is 19.5 Å². The van der Waals surface area contributed by atoms with Crippen molar-refractivity contribution < 1.29 is 39.3 Å². The zero-order chi connectivity index (χ0) is 14.4. The number of hydrogen-bond donors (Lipinski definition) is 0. The van der Waals surface area contributed by atoms with Crippen LogP contribution in [0.2, 0.25) is 0 Å². The van der Waals surface area contributed by atoms with Gasteiger partial charge in [0.1, 0.15) is 0 Å². The van der Waals surface area contributed by atoms with E-state index < -0.39 is 11.9 Å². The summed E-state index contributed by atoms with van der Waals surface area (Å²) in [6, 6.07) is 0. The summed E-state index contributed by atoms with van der Waals surface area (Å²) >= 11 is 0. The summed E-state index contributed by atoms with van der Waals surface area (Å²) in [5.41, 5.74) is 0.0648. The van der Waals surface area contributed by atoms with Gasteiger partial charge in [0.15, 0.2) is 0 Å². The molecule has 0 fully saturated rings.